The molecule has 0 atom stereocenters. The lowest BCUT2D eigenvalue weighted by atomic mass is 9.98. The van der Waals surface area contributed by atoms with Gasteiger partial charge in [-0.3, -0.25) is 0 Å². The third-order valence-corrected chi connectivity index (χ3v) is 5.97. The Kier molecular flexibility index (Phi) is 7.55. The highest BCUT2D eigenvalue weighted by molar-refractivity contribution is 5.63. The summed E-state index contributed by atoms with van der Waals surface area (Å²) in [6.07, 6.45) is 3.09. The van der Waals surface area contributed by atoms with Gasteiger partial charge in [0.25, 0.3) is 0 Å². The number of hydrogen-bond acceptors (Lipinski definition) is 5. The van der Waals surface area contributed by atoms with Crippen LogP contribution in [0.2, 0.25) is 0 Å². The standard InChI is InChI=1S/C26H29F3N4O/c1-2-3-16-34-22-14-12-20(13-15-22)31-24-23(26(27,28)29)17-30-25(33-24)32-21-10-8-19(9-11-21)18-6-4-5-7-18/h8-15,17-18H,2-7,16H2,1H3,(H2,30,31,32,33). The first kappa shape index (κ1) is 23.9. The number of unbranched alkanes of at least 4 members (excludes halogenated alkanes) is 1. The van der Waals surface area contributed by atoms with Crippen molar-refractivity contribution in [1.29, 1.82) is 0 Å². The lowest BCUT2D eigenvalue weighted by Crippen LogP contribution is -2.12. The topological polar surface area (TPSA) is 59.1 Å². The Morgan fingerprint density at radius 1 is 0.941 bits per heavy atom. The fourth-order valence-corrected chi connectivity index (χ4v) is 4.08. The van der Waals surface area contributed by atoms with E-state index in [1.807, 2.05) is 12.1 Å². The predicted molar refractivity (Wildman–Crippen MR) is 128 cm³/mol. The first-order valence-electron chi connectivity index (χ1n) is 11.7. The van der Waals surface area contributed by atoms with Crippen molar-refractivity contribution < 1.29 is 17.9 Å². The van der Waals surface area contributed by atoms with Crippen LogP contribution in [0, 0.1) is 0 Å². The SMILES string of the molecule is CCCCOc1ccc(Nc2nc(Nc3ccc(C4CCCC4)cc3)ncc2C(F)(F)F)cc1. The molecule has 0 saturated heterocycles. The van der Waals surface area contributed by atoms with Crippen molar-refractivity contribution in [3.05, 3.63) is 65.9 Å². The molecule has 0 radical (unpaired) electrons. The van der Waals surface area contributed by atoms with Crippen molar-refractivity contribution in [1.82, 2.24) is 9.97 Å². The maximum atomic E-state index is 13.6. The van der Waals surface area contributed by atoms with E-state index in [1.165, 1.54) is 31.2 Å². The average molecular weight is 471 g/mol. The highest BCUT2D eigenvalue weighted by Gasteiger charge is 2.35. The number of anilines is 4. The maximum Gasteiger partial charge on any atom is 0.421 e. The Morgan fingerprint density at radius 2 is 1.59 bits per heavy atom. The molecule has 1 fully saturated rings. The van der Waals surface area contributed by atoms with E-state index in [0.717, 1.165) is 24.7 Å². The van der Waals surface area contributed by atoms with E-state index in [9.17, 15) is 13.2 Å². The van der Waals surface area contributed by atoms with Crippen LogP contribution >= 0.6 is 0 Å². The second-order valence-electron chi connectivity index (χ2n) is 8.53. The van der Waals surface area contributed by atoms with Crippen LogP contribution in [0.4, 0.5) is 36.3 Å². The molecule has 0 bridgehead atoms. The first-order chi connectivity index (χ1) is 16.4. The van der Waals surface area contributed by atoms with Crippen molar-refractivity contribution in [3.63, 3.8) is 0 Å². The number of nitrogens with zero attached hydrogens (tertiary/aromatic N) is 2. The zero-order valence-corrected chi connectivity index (χ0v) is 19.2. The van der Waals surface area contributed by atoms with Gasteiger partial charge in [0, 0.05) is 17.6 Å². The number of ether oxygens (including phenoxy) is 1. The molecule has 2 aromatic carbocycles. The monoisotopic (exact) mass is 470 g/mol. The van der Waals surface area contributed by atoms with E-state index < -0.39 is 11.7 Å². The summed E-state index contributed by atoms with van der Waals surface area (Å²) in [6.45, 7) is 2.68. The number of nitrogens with one attached hydrogen (secondary N) is 2. The lowest BCUT2D eigenvalue weighted by Gasteiger charge is -2.15. The molecule has 0 aliphatic heterocycles. The Labute approximate surface area is 197 Å². The minimum atomic E-state index is -4.59. The summed E-state index contributed by atoms with van der Waals surface area (Å²) in [5.41, 5.74) is 1.55. The van der Waals surface area contributed by atoms with Gasteiger partial charge in [0.2, 0.25) is 5.95 Å². The van der Waals surface area contributed by atoms with Crippen LogP contribution in [-0.2, 0) is 6.18 Å². The molecule has 0 unspecified atom stereocenters. The zero-order valence-electron chi connectivity index (χ0n) is 19.2. The summed E-state index contributed by atoms with van der Waals surface area (Å²) >= 11 is 0. The van der Waals surface area contributed by atoms with E-state index in [-0.39, 0.29) is 11.8 Å². The minimum absolute atomic E-state index is 0.0867. The summed E-state index contributed by atoms with van der Waals surface area (Å²) < 4.78 is 46.3. The van der Waals surface area contributed by atoms with Gasteiger partial charge in [-0.2, -0.15) is 18.2 Å². The highest BCUT2D eigenvalue weighted by Crippen LogP contribution is 2.36. The molecule has 1 aliphatic carbocycles. The van der Waals surface area contributed by atoms with Gasteiger partial charge in [0.15, 0.2) is 0 Å². The summed E-state index contributed by atoms with van der Waals surface area (Å²) in [7, 11) is 0. The number of aromatic nitrogens is 2. The molecule has 4 rings (SSSR count). The minimum Gasteiger partial charge on any atom is -0.494 e. The fourth-order valence-electron chi connectivity index (χ4n) is 4.08. The first-order valence-corrected chi connectivity index (χ1v) is 11.7. The van der Waals surface area contributed by atoms with Crippen molar-refractivity contribution in [2.24, 2.45) is 0 Å². The van der Waals surface area contributed by atoms with E-state index in [0.29, 0.717) is 24.0 Å². The maximum absolute atomic E-state index is 13.6. The molecule has 1 heterocycles. The van der Waals surface area contributed by atoms with Crippen LogP contribution < -0.4 is 15.4 Å². The number of rotatable bonds is 9. The summed E-state index contributed by atoms with van der Waals surface area (Å²) in [4.78, 5) is 8.02. The van der Waals surface area contributed by atoms with E-state index >= 15 is 0 Å². The predicted octanol–water partition coefficient (Wildman–Crippen LogP) is 7.82. The van der Waals surface area contributed by atoms with Gasteiger partial charge in [-0.25, -0.2) is 4.98 Å². The molecule has 180 valence electrons. The number of alkyl halides is 3. The average Bonchev–Trinajstić information content (AvgIpc) is 3.35. The fraction of sp³-hybridized carbons (Fsp3) is 0.385. The molecule has 2 N–H and O–H groups in total. The van der Waals surface area contributed by atoms with Gasteiger partial charge in [0.1, 0.15) is 17.1 Å². The Balaban J connectivity index is 1.49. The molecule has 1 aliphatic rings. The molecule has 1 aromatic heterocycles. The normalized spacial score (nSPS) is 14.2. The lowest BCUT2D eigenvalue weighted by molar-refractivity contribution is -0.137. The smallest absolute Gasteiger partial charge is 0.421 e. The van der Waals surface area contributed by atoms with Crippen LogP contribution in [0.15, 0.2) is 54.7 Å². The molecule has 0 spiro atoms. The van der Waals surface area contributed by atoms with Crippen molar-refractivity contribution in [2.45, 2.75) is 57.5 Å². The second-order valence-corrected chi connectivity index (χ2v) is 8.53. The van der Waals surface area contributed by atoms with E-state index in [4.69, 9.17) is 4.74 Å². The molecular weight excluding hydrogens is 441 g/mol. The highest BCUT2D eigenvalue weighted by atomic mass is 19.4. The van der Waals surface area contributed by atoms with Crippen molar-refractivity contribution >= 4 is 23.1 Å². The van der Waals surface area contributed by atoms with Gasteiger partial charge in [-0.1, -0.05) is 38.3 Å². The molecule has 8 heteroatoms. The Hall–Kier alpha value is -3.29. The van der Waals surface area contributed by atoms with Gasteiger partial charge >= 0.3 is 6.18 Å². The van der Waals surface area contributed by atoms with Crippen LogP contribution in [0.25, 0.3) is 0 Å². The quantitative estimate of drug-likeness (QED) is 0.312. The van der Waals surface area contributed by atoms with Crippen molar-refractivity contribution in [2.75, 3.05) is 17.2 Å². The molecule has 1 saturated carbocycles. The second kappa shape index (κ2) is 10.8. The largest absolute Gasteiger partial charge is 0.494 e. The van der Waals surface area contributed by atoms with Gasteiger partial charge in [0.05, 0.1) is 6.61 Å². The summed E-state index contributed by atoms with van der Waals surface area (Å²) in [6, 6.07) is 14.7. The molecule has 5 nitrogen and oxygen atoms in total. The molecular formula is C26H29F3N4O. The van der Waals surface area contributed by atoms with Gasteiger partial charge < -0.3 is 15.4 Å². The summed E-state index contributed by atoms with van der Waals surface area (Å²) in [5.74, 6) is 1.03. The third-order valence-electron chi connectivity index (χ3n) is 5.97. The number of benzene rings is 2. The summed E-state index contributed by atoms with van der Waals surface area (Å²) in [5, 5.41) is 5.79. The Morgan fingerprint density at radius 3 is 2.24 bits per heavy atom. The Bertz CT molecular complexity index is 1060. The van der Waals surface area contributed by atoms with Crippen LogP contribution in [0.3, 0.4) is 0 Å². The van der Waals surface area contributed by atoms with Gasteiger partial charge in [-0.15, -0.1) is 0 Å². The molecule has 3 aromatic rings. The zero-order chi connectivity index (χ0) is 24.0. The van der Waals surface area contributed by atoms with E-state index in [1.54, 1.807) is 24.3 Å². The van der Waals surface area contributed by atoms with Gasteiger partial charge in [-0.05, 0) is 67.1 Å². The number of halogens is 3. The van der Waals surface area contributed by atoms with Crippen LogP contribution in [0.5, 0.6) is 5.75 Å². The van der Waals surface area contributed by atoms with Crippen LogP contribution in [-0.4, -0.2) is 16.6 Å². The van der Waals surface area contributed by atoms with E-state index in [2.05, 4.69) is 39.7 Å². The van der Waals surface area contributed by atoms with Crippen molar-refractivity contribution in [3.8, 4) is 5.75 Å². The third kappa shape index (κ3) is 6.18. The molecule has 34 heavy (non-hydrogen) atoms. The van der Waals surface area contributed by atoms with Crippen LogP contribution in [0.1, 0.15) is 62.5 Å². The number of hydrogen-bond donors (Lipinski definition) is 2. The molecule has 0 amide bonds.